The van der Waals surface area contributed by atoms with Gasteiger partial charge in [0.05, 0.1) is 0 Å². The number of halogens is 1. The fraction of sp³-hybridized carbons (Fsp3) is 0.636. The van der Waals surface area contributed by atoms with Crippen LogP contribution in [0.2, 0.25) is 25.7 Å². The molecule has 86 valence electrons. The van der Waals surface area contributed by atoms with Crippen molar-refractivity contribution in [3.8, 4) is 0 Å². The van der Waals surface area contributed by atoms with Crippen molar-refractivity contribution in [3.63, 3.8) is 0 Å². The Kier molecular flexibility index (Phi) is 5.35. The maximum atomic E-state index is 5.65. The van der Waals surface area contributed by atoms with Gasteiger partial charge in [0.25, 0.3) is 0 Å². The Morgan fingerprint density at radius 2 is 2.13 bits per heavy atom. The zero-order valence-electron chi connectivity index (χ0n) is 9.79. The van der Waals surface area contributed by atoms with E-state index in [4.69, 9.17) is 4.74 Å². The van der Waals surface area contributed by atoms with Crippen molar-refractivity contribution < 1.29 is 4.74 Å². The minimum absolute atomic E-state index is 0.696. The van der Waals surface area contributed by atoms with E-state index in [-0.39, 0.29) is 0 Å². The highest BCUT2D eigenvalue weighted by Crippen LogP contribution is 2.09. The van der Waals surface area contributed by atoms with Gasteiger partial charge in [0.1, 0.15) is 6.73 Å². The van der Waals surface area contributed by atoms with Crippen LogP contribution in [0.4, 0.5) is 0 Å². The number of rotatable bonds is 6. The van der Waals surface area contributed by atoms with Crippen LogP contribution in [0.1, 0.15) is 5.56 Å². The molecule has 0 unspecified atom stereocenters. The predicted octanol–water partition coefficient (Wildman–Crippen LogP) is 3.74. The standard InChI is InChI=1S/C11H20INOSi/c1-15(2,3)7-6-14-10-13-5-4-11(8-12)9-13/h4-5,9H,6-8,10H2,1-3H3. The maximum Gasteiger partial charge on any atom is 0.122 e. The molecule has 0 saturated carbocycles. The van der Waals surface area contributed by atoms with E-state index in [9.17, 15) is 0 Å². The minimum atomic E-state index is -0.933. The van der Waals surface area contributed by atoms with E-state index in [2.05, 4.69) is 65.3 Å². The molecule has 2 nitrogen and oxygen atoms in total. The molecule has 1 heterocycles. The molecule has 0 aliphatic rings. The first-order valence-corrected chi connectivity index (χ1v) is 10.5. The van der Waals surface area contributed by atoms with Gasteiger partial charge in [-0.2, -0.15) is 0 Å². The van der Waals surface area contributed by atoms with Crippen molar-refractivity contribution in [3.05, 3.63) is 24.0 Å². The van der Waals surface area contributed by atoms with Gasteiger partial charge >= 0.3 is 0 Å². The predicted molar refractivity (Wildman–Crippen MR) is 76.3 cm³/mol. The number of aromatic nitrogens is 1. The SMILES string of the molecule is C[Si](C)(C)CCOCn1ccc(CI)c1. The van der Waals surface area contributed by atoms with Crippen LogP contribution in [-0.4, -0.2) is 19.2 Å². The van der Waals surface area contributed by atoms with E-state index in [1.807, 2.05) is 0 Å². The number of hydrogen-bond donors (Lipinski definition) is 0. The van der Waals surface area contributed by atoms with Crippen LogP contribution in [0.25, 0.3) is 0 Å². The smallest absolute Gasteiger partial charge is 0.122 e. The Balaban J connectivity index is 2.20. The summed E-state index contributed by atoms with van der Waals surface area (Å²) in [6.07, 6.45) is 4.24. The molecule has 0 N–H and O–H groups in total. The first kappa shape index (κ1) is 13.3. The highest BCUT2D eigenvalue weighted by molar-refractivity contribution is 14.1. The van der Waals surface area contributed by atoms with Crippen LogP contribution in [0.3, 0.4) is 0 Å². The normalized spacial score (nSPS) is 12.0. The van der Waals surface area contributed by atoms with Gasteiger partial charge in [0.2, 0.25) is 0 Å². The quantitative estimate of drug-likeness (QED) is 0.334. The Morgan fingerprint density at radius 1 is 1.40 bits per heavy atom. The molecular weight excluding hydrogens is 317 g/mol. The Bertz CT molecular complexity index is 293. The van der Waals surface area contributed by atoms with Crippen molar-refractivity contribution in [1.29, 1.82) is 0 Å². The van der Waals surface area contributed by atoms with Crippen LogP contribution >= 0.6 is 22.6 Å². The van der Waals surface area contributed by atoms with Crippen LogP contribution in [-0.2, 0) is 15.9 Å². The van der Waals surface area contributed by atoms with Crippen LogP contribution in [0.15, 0.2) is 18.5 Å². The molecule has 0 fully saturated rings. The van der Waals surface area contributed by atoms with E-state index in [1.165, 1.54) is 11.6 Å². The zero-order valence-corrected chi connectivity index (χ0v) is 13.0. The third kappa shape index (κ3) is 5.72. The van der Waals surface area contributed by atoms with Gasteiger partial charge in [-0.05, 0) is 17.7 Å². The van der Waals surface area contributed by atoms with Crippen molar-refractivity contribution in [1.82, 2.24) is 4.57 Å². The van der Waals surface area contributed by atoms with Crippen molar-refractivity contribution >= 4 is 30.7 Å². The second kappa shape index (κ2) is 6.05. The van der Waals surface area contributed by atoms with Gasteiger partial charge in [-0.25, -0.2) is 0 Å². The van der Waals surface area contributed by atoms with E-state index in [0.717, 1.165) is 11.0 Å². The molecular formula is C11H20INOSi. The second-order valence-corrected chi connectivity index (χ2v) is 11.4. The van der Waals surface area contributed by atoms with E-state index >= 15 is 0 Å². The summed E-state index contributed by atoms with van der Waals surface area (Å²) in [6, 6.07) is 3.39. The van der Waals surface area contributed by atoms with Gasteiger partial charge in [-0.1, -0.05) is 42.2 Å². The molecule has 4 heteroatoms. The molecule has 0 radical (unpaired) electrons. The average Bonchev–Trinajstić information content (AvgIpc) is 2.59. The first-order valence-electron chi connectivity index (χ1n) is 5.30. The van der Waals surface area contributed by atoms with E-state index in [0.29, 0.717) is 6.73 Å². The highest BCUT2D eigenvalue weighted by atomic mass is 127. The summed E-state index contributed by atoms with van der Waals surface area (Å²) in [5.41, 5.74) is 1.37. The topological polar surface area (TPSA) is 14.2 Å². The molecule has 0 amide bonds. The van der Waals surface area contributed by atoms with E-state index < -0.39 is 8.07 Å². The average molecular weight is 337 g/mol. The third-order valence-corrected chi connectivity index (χ3v) is 4.79. The van der Waals surface area contributed by atoms with Gasteiger partial charge in [0, 0.05) is 31.5 Å². The lowest BCUT2D eigenvalue weighted by Crippen LogP contribution is -2.21. The Hall–Kier alpha value is 0.187. The van der Waals surface area contributed by atoms with E-state index in [1.54, 1.807) is 0 Å². The molecule has 0 atom stereocenters. The molecule has 0 aliphatic heterocycles. The van der Waals surface area contributed by atoms with Crippen molar-refractivity contribution in [2.75, 3.05) is 6.61 Å². The van der Waals surface area contributed by atoms with Crippen molar-refractivity contribution in [2.24, 2.45) is 0 Å². The molecule has 1 rings (SSSR count). The summed E-state index contributed by atoms with van der Waals surface area (Å²) in [4.78, 5) is 0. The minimum Gasteiger partial charge on any atom is -0.361 e. The largest absolute Gasteiger partial charge is 0.361 e. The number of alkyl halides is 1. The summed E-state index contributed by atoms with van der Waals surface area (Å²) in [6.45, 7) is 8.72. The molecule has 0 saturated heterocycles. The molecule has 0 bridgehead atoms. The lowest BCUT2D eigenvalue weighted by molar-refractivity contribution is 0.0874. The lowest BCUT2D eigenvalue weighted by Gasteiger charge is -2.15. The van der Waals surface area contributed by atoms with Gasteiger partial charge in [-0.15, -0.1) is 0 Å². The van der Waals surface area contributed by atoms with Crippen LogP contribution in [0, 0.1) is 0 Å². The first-order chi connectivity index (χ1) is 7.01. The molecule has 0 spiro atoms. The summed E-state index contributed by atoms with van der Waals surface area (Å²) < 4.78 is 8.83. The summed E-state index contributed by atoms with van der Waals surface area (Å²) in [7, 11) is -0.933. The van der Waals surface area contributed by atoms with Gasteiger partial charge in [-0.3, -0.25) is 0 Å². The Morgan fingerprint density at radius 3 is 2.67 bits per heavy atom. The highest BCUT2D eigenvalue weighted by Gasteiger charge is 2.11. The van der Waals surface area contributed by atoms with Crippen LogP contribution < -0.4 is 0 Å². The Labute approximate surface area is 107 Å². The molecule has 1 aromatic heterocycles. The summed E-state index contributed by atoms with van der Waals surface area (Å²) in [5, 5.41) is 0. The summed E-state index contributed by atoms with van der Waals surface area (Å²) in [5.74, 6) is 0. The fourth-order valence-electron chi connectivity index (χ4n) is 1.20. The monoisotopic (exact) mass is 337 g/mol. The fourth-order valence-corrected chi connectivity index (χ4v) is 2.41. The number of nitrogens with zero attached hydrogens (tertiary/aromatic N) is 1. The molecule has 15 heavy (non-hydrogen) atoms. The zero-order chi connectivity index (χ0) is 11.3. The van der Waals surface area contributed by atoms with Gasteiger partial charge < -0.3 is 9.30 Å². The molecule has 1 aromatic rings. The molecule has 0 aliphatic carbocycles. The summed E-state index contributed by atoms with van der Waals surface area (Å²) >= 11 is 2.37. The van der Waals surface area contributed by atoms with Gasteiger partial charge in [0.15, 0.2) is 0 Å². The van der Waals surface area contributed by atoms with Crippen LogP contribution in [0.5, 0.6) is 0 Å². The van der Waals surface area contributed by atoms with Crippen molar-refractivity contribution in [2.45, 2.75) is 36.8 Å². The third-order valence-electron chi connectivity index (χ3n) is 2.20. The number of hydrogen-bond acceptors (Lipinski definition) is 1. The second-order valence-electron chi connectivity index (χ2n) is 5.02. The number of ether oxygens (including phenoxy) is 1. The molecule has 0 aromatic carbocycles. The maximum absolute atomic E-state index is 5.65. The lowest BCUT2D eigenvalue weighted by atomic mass is 10.4.